The summed E-state index contributed by atoms with van der Waals surface area (Å²) in [6, 6.07) is 14.1. The van der Waals surface area contributed by atoms with Crippen LogP contribution in [0.1, 0.15) is 38.2 Å². The molecule has 0 fully saturated rings. The maximum Gasteiger partial charge on any atom is 0.250 e. The van der Waals surface area contributed by atoms with Gasteiger partial charge in [0.1, 0.15) is 0 Å². The summed E-state index contributed by atoms with van der Waals surface area (Å²) in [7, 11) is 0. The molecule has 1 N–H and O–H groups in total. The van der Waals surface area contributed by atoms with E-state index in [4.69, 9.17) is 0 Å². The highest BCUT2D eigenvalue weighted by molar-refractivity contribution is 5.40. The average molecular weight is 284 g/mol. The molecule has 1 heterocycles. The Bertz CT molecular complexity index is 604. The average Bonchev–Trinajstić information content (AvgIpc) is 2.51. The minimum atomic E-state index is 0.0695. The summed E-state index contributed by atoms with van der Waals surface area (Å²) in [5.41, 5.74) is 2.46. The molecule has 0 radical (unpaired) electrons. The van der Waals surface area contributed by atoms with Crippen LogP contribution in [0.4, 0.5) is 5.69 Å². The SMILES string of the molecule is CCCn1cc(NCCC(C)c2ccccc2)ccc1=O. The zero-order chi connectivity index (χ0) is 15.1. The number of hydrogen-bond donors (Lipinski definition) is 1. The van der Waals surface area contributed by atoms with Gasteiger partial charge in [-0.05, 0) is 30.4 Å². The normalized spacial score (nSPS) is 12.1. The van der Waals surface area contributed by atoms with Crippen molar-refractivity contribution in [3.05, 3.63) is 64.6 Å². The Balaban J connectivity index is 1.89. The van der Waals surface area contributed by atoms with E-state index in [1.807, 2.05) is 18.3 Å². The van der Waals surface area contributed by atoms with Crippen LogP contribution >= 0.6 is 0 Å². The number of anilines is 1. The molecule has 1 unspecified atom stereocenters. The predicted molar refractivity (Wildman–Crippen MR) is 89.0 cm³/mol. The molecule has 0 amide bonds. The molecular weight excluding hydrogens is 260 g/mol. The quantitative estimate of drug-likeness (QED) is 0.837. The molecule has 21 heavy (non-hydrogen) atoms. The molecule has 3 heteroatoms. The second-order valence-electron chi connectivity index (χ2n) is 5.48. The molecule has 2 rings (SSSR count). The lowest BCUT2D eigenvalue weighted by molar-refractivity contribution is 0.653. The van der Waals surface area contributed by atoms with Gasteiger partial charge >= 0.3 is 0 Å². The fourth-order valence-electron chi connectivity index (χ4n) is 2.43. The van der Waals surface area contributed by atoms with E-state index in [0.29, 0.717) is 5.92 Å². The van der Waals surface area contributed by atoms with Gasteiger partial charge in [-0.1, -0.05) is 44.2 Å². The Morgan fingerprint density at radius 3 is 2.62 bits per heavy atom. The van der Waals surface area contributed by atoms with Crippen LogP contribution in [0.5, 0.6) is 0 Å². The second kappa shape index (κ2) is 7.67. The van der Waals surface area contributed by atoms with Gasteiger partial charge in [0.05, 0.1) is 5.69 Å². The van der Waals surface area contributed by atoms with Crippen LogP contribution in [0.3, 0.4) is 0 Å². The molecule has 1 aromatic carbocycles. The van der Waals surface area contributed by atoms with Crippen molar-refractivity contribution in [3.8, 4) is 0 Å². The number of benzene rings is 1. The summed E-state index contributed by atoms with van der Waals surface area (Å²) in [4.78, 5) is 11.7. The lowest BCUT2D eigenvalue weighted by Gasteiger charge is -2.14. The molecule has 1 aromatic heterocycles. The van der Waals surface area contributed by atoms with Crippen LogP contribution in [0, 0.1) is 0 Å². The molecule has 1 atom stereocenters. The largest absolute Gasteiger partial charge is 0.384 e. The van der Waals surface area contributed by atoms with Crippen molar-refractivity contribution in [1.82, 2.24) is 4.57 Å². The van der Waals surface area contributed by atoms with Crippen LogP contribution in [0.25, 0.3) is 0 Å². The van der Waals surface area contributed by atoms with Crippen LogP contribution in [0.2, 0.25) is 0 Å². The van der Waals surface area contributed by atoms with Crippen LogP contribution in [-0.4, -0.2) is 11.1 Å². The summed E-state index contributed by atoms with van der Waals surface area (Å²) in [5.74, 6) is 0.528. The maximum absolute atomic E-state index is 11.7. The zero-order valence-electron chi connectivity index (χ0n) is 12.9. The molecule has 0 aliphatic carbocycles. The number of hydrogen-bond acceptors (Lipinski definition) is 2. The molecule has 3 nitrogen and oxygen atoms in total. The van der Waals surface area contributed by atoms with E-state index < -0.39 is 0 Å². The summed E-state index contributed by atoms with van der Waals surface area (Å²) < 4.78 is 1.77. The highest BCUT2D eigenvalue weighted by atomic mass is 16.1. The third kappa shape index (κ3) is 4.48. The van der Waals surface area contributed by atoms with Crippen molar-refractivity contribution < 1.29 is 0 Å². The number of nitrogens with zero attached hydrogens (tertiary/aromatic N) is 1. The molecule has 112 valence electrons. The van der Waals surface area contributed by atoms with E-state index in [1.165, 1.54) is 5.56 Å². The van der Waals surface area contributed by atoms with Crippen molar-refractivity contribution >= 4 is 5.69 Å². The molecule has 0 spiro atoms. The van der Waals surface area contributed by atoms with Gasteiger partial charge in [0.25, 0.3) is 5.56 Å². The molecule has 0 aliphatic heterocycles. The maximum atomic E-state index is 11.7. The monoisotopic (exact) mass is 284 g/mol. The summed E-state index contributed by atoms with van der Waals surface area (Å²) in [5, 5.41) is 3.41. The first kappa shape index (κ1) is 15.4. The third-order valence-electron chi connectivity index (χ3n) is 3.72. The third-order valence-corrected chi connectivity index (χ3v) is 3.72. The van der Waals surface area contributed by atoms with Crippen LogP contribution < -0.4 is 10.9 Å². The number of nitrogens with one attached hydrogen (secondary N) is 1. The minimum Gasteiger partial charge on any atom is -0.384 e. The molecule has 0 aliphatic rings. The fraction of sp³-hybridized carbons (Fsp3) is 0.389. The smallest absolute Gasteiger partial charge is 0.250 e. The van der Waals surface area contributed by atoms with Crippen LogP contribution in [-0.2, 0) is 6.54 Å². The van der Waals surface area contributed by atoms with Crippen molar-refractivity contribution in [2.45, 2.75) is 39.2 Å². The second-order valence-corrected chi connectivity index (χ2v) is 5.48. The summed E-state index contributed by atoms with van der Waals surface area (Å²) in [6.07, 6.45) is 3.95. The van der Waals surface area contributed by atoms with Crippen molar-refractivity contribution in [1.29, 1.82) is 0 Å². The first-order chi connectivity index (χ1) is 10.2. The number of pyridine rings is 1. The van der Waals surface area contributed by atoms with Gasteiger partial charge in [-0.3, -0.25) is 4.79 Å². The minimum absolute atomic E-state index is 0.0695. The Morgan fingerprint density at radius 2 is 1.90 bits per heavy atom. The molecular formula is C18H24N2O. The fourth-order valence-corrected chi connectivity index (χ4v) is 2.43. The first-order valence-electron chi connectivity index (χ1n) is 7.70. The zero-order valence-corrected chi connectivity index (χ0v) is 12.9. The molecule has 0 bridgehead atoms. The van der Waals surface area contributed by atoms with E-state index in [2.05, 4.69) is 43.4 Å². The molecule has 0 saturated carbocycles. The number of aryl methyl sites for hydroxylation is 1. The molecule has 0 saturated heterocycles. The van der Waals surface area contributed by atoms with E-state index in [-0.39, 0.29) is 5.56 Å². The van der Waals surface area contributed by atoms with E-state index in [0.717, 1.165) is 31.6 Å². The predicted octanol–water partition coefficient (Wildman–Crippen LogP) is 3.86. The van der Waals surface area contributed by atoms with Gasteiger partial charge in [0.2, 0.25) is 0 Å². The Hall–Kier alpha value is -2.03. The number of aromatic nitrogens is 1. The highest BCUT2D eigenvalue weighted by Gasteiger charge is 2.04. The Morgan fingerprint density at radius 1 is 1.14 bits per heavy atom. The topological polar surface area (TPSA) is 34.0 Å². The van der Waals surface area contributed by atoms with E-state index in [9.17, 15) is 4.79 Å². The van der Waals surface area contributed by atoms with Crippen molar-refractivity contribution in [2.24, 2.45) is 0 Å². The standard InChI is InChI=1S/C18H24N2O/c1-3-13-20-14-17(9-10-18(20)21)19-12-11-15(2)16-7-5-4-6-8-16/h4-10,14-15,19H,3,11-13H2,1-2H3. The van der Waals surface area contributed by atoms with Gasteiger partial charge in [-0.25, -0.2) is 0 Å². The van der Waals surface area contributed by atoms with Gasteiger partial charge < -0.3 is 9.88 Å². The van der Waals surface area contributed by atoms with Crippen LogP contribution in [0.15, 0.2) is 53.5 Å². The first-order valence-corrected chi connectivity index (χ1v) is 7.70. The van der Waals surface area contributed by atoms with E-state index in [1.54, 1.807) is 10.6 Å². The Labute approximate surface area is 126 Å². The summed E-state index contributed by atoms with van der Waals surface area (Å²) in [6.45, 7) is 6.00. The van der Waals surface area contributed by atoms with Gasteiger partial charge in [-0.2, -0.15) is 0 Å². The number of rotatable bonds is 7. The van der Waals surface area contributed by atoms with Gasteiger partial charge in [0, 0.05) is 25.4 Å². The molecule has 2 aromatic rings. The van der Waals surface area contributed by atoms with Crippen molar-refractivity contribution in [3.63, 3.8) is 0 Å². The van der Waals surface area contributed by atoms with E-state index >= 15 is 0 Å². The van der Waals surface area contributed by atoms with Crippen molar-refractivity contribution in [2.75, 3.05) is 11.9 Å². The lowest BCUT2D eigenvalue weighted by Crippen LogP contribution is -2.19. The Kier molecular flexibility index (Phi) is 5.61. The lowest BCUT2D eigenvalue weighted by atomic mass is 9.98. The summed E-state index contributed by atoms with van der Waals surface area (Å²) >= 11 is 0. The van der Waals surface area contributed by atoms with Gasteiger partial charge in [0.15, 0.2) is 0 Å². The highest BCUT2D eigenvalue weighted by Crippen LogP contribution is 2.18. The van der Waals surface area contributed by atoms with Gasteiger partial charge in [-0.15, -0.1) is 0 Å².